The molecule has 15 heteroatoms. The molecular formula is C23H24ClF3N8O2S. The Kier molecular flexibility index (Phi) is 8.22. The molecule has 1 aliphatic rings. The summed E-state index contributed by atoms with van der Waals surface area (Å²) in [6.45, 7) is 1.20. The quantitative estimate of drug-likeness (QED) is 0.312. The van der Waals surface area contributed by atoms with Gasteiger partial charge < -0.3 is 15.2 Å². The van der Waals surface area contributed by atoms with E-state index in [4.69, 9.17) is 16.9 Å². The highest BCUT2D eigenvalue weighted by molar-refractivity contribution is 7.88. The SMILES string of the molecule is CS(=O)(=O)N1CCC(Nc2ncc(C(F)(F)F)c(-c3cn(-c4ccc(CNCC#N)cc4Cl)cn3)n2)CC1. The monoisotopic (exact) mass is 568 g/mol. The zero-order valence-corrected chi connectivity index (χ0v) is 21.8. The van der Waals surface area contributed by atoms with Gasteiger partial charge in [0.1, 0.15) is 23.3 Å². The molecule has 1 fully saturated rings. The molecule has 3 heterocycles. The molecular weight excluding hydrogens is 545 g/mol. The van der Waals surface area contributed by atoms with Crippen LogP contribution in [0.2, 0.25) is 5.02 Å². The number of rotatable bonds is 8. The predicted molar refractivity (Wildman–Crippen MR) is 135 cm³/mol. The molecule has 3 aromatic rings. The lowest BCUT2D eigenvalue weighted by molar-refractivity contribution is -0.137. The number of sulfonamides is 1. The van der Waals surface area contributed by atoms with Gasteiger partial charge in [-0.3, -0.25) is 0 Å². The van der Waals surface area contributed by atoms with Crippen LogP contribution in [0.25, 0.3) is 17.1 Å². The van der Waals surface area contributed by atoms with Crippen LogP contribution in [0.4, 0.5) is 19.1 Å². The molecule has 1 saturated heterocycles. The molecule has 4 rings (SSSR count). The van der Waals surface area contributed by atoms with Crippen LogP contribution in [0, 0.1) is 11.3 Å². The summed E-state index contributed by atoms with van der Waals surface area (Å²) in [7, 11) is -3.30. The first kappa shape index (κ1) is 27.8. The van der Waals surface area contributed by atoms with Gasteiger partial charge in [0.2, 0.25) is 16.0 Å². The van der Waals surface area contributed by atoms with Crippen LogP contribution in [-0.2, 0) is 22.7 Å². The van der Waals surface area contributed by atoms with E-state index < -0.39 is 27.5 Å². The van der Waals surface area contributed by atoms with Crippen LogP contribution in [0.1, 0.15) is 24.0 Å². The number of imidazole rings is 1. The first-order valence-corrected chi connectivity index (χ1v) is 13.7. The third kappa shape index (κ3) is 6.60. The van der Waals surface area contributed by atoms with E-state index in [1.165, 1.54) is 21.4 Å². The molecule has 0 bridgehead atoms. The number of benzene rings is 1. The second kappa shape index (κ2) is 11.2. The van der Waals surface area contributed by atoms with Gasteiger partial charge in [0.15, 0.2) is 0 Å². The molecule has 2 N–H and O–H groups in total. The fourth-order valence-electron chi connectivity index (χ4n) is 4.08. The summed E-state index contributed by atoms with van der Waals surface area (Å²) in [5.74, 6) is -0.00684. The summed E-state index contributed by atoms with van der Waals surface area (Å²) >= 11 is 6.41. The number of anilines is 1. The van der Waals surface area contributed by atoms with Crippen molar-refractivity contribution in [3.8, 4) is 23.1 Å². The Labute approximate surface area is 222 Å². The summed E-state index contributed by atoms with van der Waals surface area (Å²) < 4.78 is 67.7. The summed E-state index contributed by atoms with van der Waals surface area (Å²) in [6.07, 6.45) is 0.811. The highest BCUT2D eigenvalue weighted by atomic mass is 35.5. The lowest BCUT2D eigenvalue weighted by Gasteiger charge is -2.30. The molecule has 2 aromatic heterocycles. The summed E-state index contributed by atoms with van der Waals surface area (Å²) in [5, 5.41) is 14.9. The third-order valence-electron chi connectivity index (χ3n) is 6.00. The van der Waals surface area contributed by atoms with E-state index in [0.29, 0.717) is 49.4 Å². The number of piperidine rings is 1. The fraction of sp³-hybridized carbons (Fsp3) is 0.391. The molecule has 0 spiro atoms. The highest BCUT2D eigenvalue weighted by Gasteiger charge is 2.36. The molecule has 0 radical (unpaired) electrons. The standard InChI is InChI=1S/C23H24ClF3N8O2S/c1-38(36,37)35-8-4-16(5-9-35)32-22-30-12-17(23(25,26)27)21(33-22)19-13-34(14-31-19)20-3-2-15(10-18(20)24)11-29-7-6-28/h2-3,10,12-14,16,29H,4-5,7-9,11H2,1H3,(H,30,32,33). The first-order chi connectivity index (χ1) is 18.0. The molecule has 0 saturated carbocycles. The number of nitrogens with zero attached hydrogens (tertiary/aromatic N) is 6. The molecule has 0 atom stereocenters. The maximum absolute atomic E-state index is 13.8. The van der Waals surface area contributed by atoms with E-state index in [1.807, 2.05) is 6.07 Å². The number of nitrogens with one attached hydrogen (secondary N) is 2. The molecule has 1 aromatic carbocycles. The molecule has 10 nitrogen and oxygen atoms in total. The Bertz CT molecular complexity index is 1450. The third-order valence-corrected chi connectivity index (χ3v) is 7.60. The Morgan fingerprint density at radius 2 is 1.97 bits per heavy atom. The fourth-order valence-corrected chi connectivity index (χ4v) is 5.25. The van der Waals surface area contributed by atoms with Crippen molar-refractivity contribution in [2.45, 2.75) is 31.6 Å². The molecule has 1 aliphatic heterocycles. The van der Waals surface area contributed by atoms with Crippen molar-refractivity contribution in [3.63, 3.8) is 0 Å². The Morgan fingerprint density at radius 3 is 2.61 bits per heavy atom. The number of hydrogen-bond acceptors (Lipinski definition) is 8. The van der Waals surface area contributed by atoms with Crippen molar-refractivity contribution in [1.29, 1.82) is 5.26 Å². The number of halogens is 4. The predicted octanol–water partition coefficient (Wildman–Crippen LogP) is 3.45. The largest absolute Gasteiger partial charge is 0.420 e. The van der Waals surface area contributed by atoms with Crippen molar-refractivity contribution in [2.75, 3.05) is 31.2 Å². The molecule has 0 unspecified atom stereocenters. The minimum atomic E-state index is -4.71. The van der Waals surface area contributed by atoms with Gasteiger partial charge in [-0.2, -0.15) is 18.4 Å². The molecule has 0 aliphatic carbocycles. The van der Waals surface area contributed by atoms with E-state index >= 15 is 0 Å². The van der Waals surface area contributed by atoms with Crippen LogP contribution in [0.5, 0.6) is 0 Å². The van der Waals surface area contributed by atoms with Crippen molar-refractivity contribution in [2.24, 2.45) is 0 Å². The van der Waals surface area contributed by atoms with Gasteiger partial charge in [-0.05, 0) is 30.5 Å². The number of nitriles is 1. The topological polar surface area (TPSA) is 129 Å². The average Bonchev–Trinajstić information content (AvgIpc) is 3.33. The minimum Gasteiger partial charge on any atom is -0.351 e. The highest BCUT2D eigenvalue weighted by Crippen LogP contribution is 2.36. The summed E-state index contributed by atoms with van der Waals surface area (Å²) in [4.78, 5) is 12.1. The molecule has 38 heavy (non-hydrogen) atoms. The van der Waals surface area contributed by atoms with Crippen LogP contribution in [0.3, 0.4) is 0 Å². The normalized spacial score (nSPS) is 15.4. The van der Waals surface area contributed by atoms with E-state index in [9.17, 15) is 21.6 Å². The summed E-state index contributed by atoms with van der Waals surface area (Å²) in [5.41, 5.74) is -0.109. The van der Waals surface area contributed by atoms with Crippen LogP contribution < -0.4 is 10.6 Å². The van der Waals surface area contributed by atoms with Gasteiger partial charge in [-0.15, -0.1) is 0 Å². The molecule has 0 amide bonds. The van der Waals surface area contributed by atoms with E-state index in [-0.39, 0.29) is 24.2 Å². The maximum Gasteiger partial charge on any atom is 0.420 e. The van der Waals surface area contributed by atoms with Crippen molar-refractivity contribution in [1.82, 2.24) is 29.1 Å². The summed E-state index contributed by atoms with van der Waals surface area (Å²) in [6, 6.07) is 6.97. The van der Waals surface area contributed by atoms with Gasteiger partial charge in [0.05, 0.1) is 29.6 Å². The smallest absolute Gasteiger partial charge is 0.351 e. The lowest BCUT2D eigenvalue weighted by atomic mass is 10.1. The van der Waals surface area contributed by atoms with Gasteiger partial charge in [0.25, 0.3) is 0 Å². The maximum atomic E-state index is 13.8. The minimum absolute atomic E-state index is 0.00684. The second-order valence-electron chi connectivity index (χ2n) is 8.75. The van der Waals surface area contributed by atoms with Gasteiger partial charge >= 0.3 is 6.18 Å². The Hall–Kier alpha value is -3.25. The lowest BCUT2D eigenvalue weighted by Crippen LogP contribution is -2.42. The first-order valence-electron chi connectivity index (χ1n) is 11.5. The van der Waals surface area contributed by atoms with Gasteiger partial charge in [-0.1, -0.05) is 17.7 Å². The van der Waals surface area contributed by atoms with Crippen molar-refractivity contribution < 1.29 is 21.6 Å². The van der Waals surface area contributed by atoms with E-state index in [0.717, 1.165) is 11.8 Å². The zero-order chi connectivity index (χ0) is 27.5. The Balaban J connectivity index is 1.57. The van der Waals surface area contributed by atoms with Crippen molar-refractivity contribution in [3.05, 3.63) is 53.1 Å². The van der Waals surface area contributed by atoms with E-state index in [2.05, 4.69) is 25.6 Å². The van der Waals surface area contributed by atoms with E-state index in [1.54, 1.807) is 18.2 Å². The Morgan fingerprint density at radius 1 is 1.24 bits per heavy atom. The van der Waals surface area contributed by atoms with Crippen LogP contribution in [-0.4, -0.2) is 64.2 Å². The van der Waals surface area contributed by atoms with Crippen LogP contribution >= 0.6 is 11.6 Å². The zero-order valence-electron chi connectivity index (χ0n) is 20.2. The van der Waals surface area contributed by atoms with Gasteiger partial charge in [0, 0.05) is 38.1 Å². The number of hydrogen-bond donors (Lipinski definition) is 2. The van der Waals surface area contributed by atoms with Gasteiger partial charge in [-0.25, -0.2) is 27.7 Å². The van der Waals surface area contributed by atoms with Crippen LogP contribution in [0.15, 0.2) is 36.9 Å². The van der Waals surface area contributed by atoms with Crippen molar-refractivity contribution >= 4 is 27.6 Å². The second-order valence-corrected chi connectivity index (χ2v) is 11.1. The average molecular weight is 569 g/mol. The number of aromatic nitrogens is 4. The molecule has 202 valence electrons. The number of alkyl halides is 3.